The van der Waals surface area contributed by atoms with E-state index in [2.05, 4.69) is 37.2 Å². The molecular formula is C84H95Cl2N7O23. The van der Waals surface area contributed by atoms with Gasteiger partial charge in [0.1, 0.15) is 102 Å². The number of rotatable bonds is 19. The molecule has 32 heteroatoms. The molecule has 15 bridgehead atoms. The third-order valence-corrected chi connectivity index (χ3v) is 23.9. The number of nitrogens with one attached hydrogen (secondary N) is 7. The lowest BCUT2D eigenvalue weighted by atomic mass is 9.51. The molecule has 116 heavy (non-hydrogen) atoms. The molecule has 6 aliphatic heterocycles. The molecule has 4 aliphatic carbocycles. The Morgan fingerprint density at radius 2 is 1.29 bits per heavy atom. The monoisotopic (exact) mass is 1640 g/mol. The van der Waals surface area contributed by atoms with Crippen molar-refractivity contribution in [1.82, 2.24) is 31.9 Å². The fourth-order valence-electron chi connectivity index (χ4n) is 17.6. The number of imide groups is 1. The molecule has 16 rings (SSSR count). The number of aliphatic hydroxyl groups excluding tert-OH is 6. The maximum atomic E-state index is 16.5. The molecule has 618 valence electrons. The van der Waals surface area contributed by atoms with Crippen LogP contribution in [0.4, 0.5) is 10.5 Å². The van der Waals surface area contributed by atoms with Crippen LogP contribution in [0.2, 0.25) is 10.0 Å². The Kier molecular flexibility index (Phi) is 25.9. The molecule has 14 atom stereocenters. The van der Waals surface area contributed by atoms with Crippen LogP contribution in [0.3, 0.4) is 0 Å². The lowest BCUT2D eigenvalue weighted by Crippen LogP contribution is -2.60. The Balaban J connectivity index is 0.980. The highest BCUT2D eigenvalue weighted by atomic mass is 35.5. The summed E-state index contributed by atoms with van der Waals surface area (Å²) < 4.78 is 31.3. The number of hydrogen-bond donors (Lipinski definition) is 16. The smallest absolute Gasteiger partial charge is 0.325 e. The summed E-state index contributed by atoms with van der Waals surface area (Å²) in [5.74, 6) is -15.6. The van der Waals surface area contributed by atoms with Crippen LogP contribution in [0.25, 0.3) is 11.1 Å². The van der Waals surface area contributed by atoms with E-state index in [-0.39, 0.29) is 103 Å². The first kappa shape index (κ1) is 83.9. The topological polar surface area (TPSA) is 466 Å². The number of amides is 7. The van der Waals surface area contributed by atoms with Gasteiger partial charge in [-0.05, 0) is 194 Å². The number of aromatic hydroxyl groups is 3. The van der Waals surface area contributed by atoms with E-state index in [0.29, 0.717) is 37.2 Å². The molecule has 6 heterocycles. The van der Waals surface area contributed by atoms with E-state index < -0.39 is 198 Å². The Morgan fingerprint density at radius 1 is 0.647 bits per heavy atom. The Bertz CT molecular complexity index is 4730. The highest BCUT2D eigenvalue weighted by Crippen LogP contribution is 2.58. The van der Waals surface area contributed by atoms with E-state index in [9.17, 15) is 60.3 Å². The number of phenolic OH excluding ortho intramolecular Hbond substituents is 3. The predicted octanol–water partition coefficient (Wildman–Crippen LogP) is 8.08. The van der Waals surface area contributed by atoms with Crippen LogP contribution < -0.4 is 56.2 Å². The van der Waals surface area contributed by atoms with Gasteiger partial charge in [-0.2, -0.15) is 0 Å². The number of ketones is 3. The third kappa shape index (κ3) is 18.4. The number of phenols is 3. The number of ether oxygens (including phenoxy) is 5. The summed E-state index contributed by atoms with van der Waals surface area (Å²) in [6, 6.07) is 12.1. The van der Waals surface area contributed by atoms with Crippen molar-refractivity contribution >= 4 is 81.8 Å². The second-order valence-corrected chi connectivity index (χ2v) is 32.5. The minimum atomic E-state index is -2.23. The van der Waals surface area contributed by atoms with E-state index >= 15 is 28.8 Å². The first-order chi connectivity index (χ1) is 55.4. The molecule has 0 aromatic heterocycles. The molecular weight excluding hydrogens is 1550 g/mol. The maximum Gasteiger partial charge on any atom is 0.325 e. The van der Waals surface area contributed by atoms with E-state index in [4.69, 9.17) is 46.9 Å². The fourth-order valence-corrected chi connectivity index (χ4v) is 18.1. The van der Waals surface area contributed by atoms with E-state index in [0.717, 1.165) is 75.0 Å². The predicted molar refractivity (Wildman–Crippen MR) is 417 cm³/mol. The van der Waals surface area contributed by atoms with Crippen LogP contribution in [-0.4, -0.2) is 168 Å². The van der Waals surface area contributed by atoms with Crippen LogP contribution in [0.5, 0.6) is 51.7 Å². The number of anilines is 1. The van der Waals surface area contributed by atoms with Crippen LogP contribution in [0.15, 0.2) is 103 Å². The summed E-state index contributed by atoms with van der Waals surface area (Å²) in [6.45, 7) is 8.09. The van der Waals surface area contributed by atoms with Gasteiger partial charge in [0.15, 0.2) is 28.8 Å². The number of aliphatic hydroxyl groups is 6. The van der Waals surface area contributed by atoms with Crippen LogP contribution in [-0.2, 0) is 43.1 Å². The maximum absolute atomic E-state index is 16.5. The molecule has 30 nitrogen and oxygen atoms in total. The van der Waals surface area contributed by atoms with E-state index in [1.165, 1.54) is 54.6 Å². The molecule has 0 radical (unpaired) electrons. The summed E-state index contributed by atoms with van der Waals surface area (Å²) in [4.78, 5) is 138. The summed E-state index contributed by atoms with van der Waals surface area (Å²) >= 11 is 14.3. The van der Waals surface area contributed by atoms with Gasteiger partial charge in [0, 0.05) is 61.0 Å². The number of benzene rings is 6. The number of hydrogen-bond acceptors (Lipinski definition) is 24. The number of likely N-dealkylation sites (N-methyl/N-ethyl adjacent to an activating group) is 1. The van der Waals surface area contributed by atoms with Gasteiger partial charge in [-0.25, -0.2) is 4.79 Å². The Morgan fingerprint density at radius 3 is 1.91 bits per heavy atom. The van der Waals surface area contributed by atoms with E-state index in [1.54, 1.807) is 19.1 Å². The molecule has 6 aromatic carbocycles. The van der Waals surface area contributed by atoms with Crippen molar-refractivity contribution in [2.24, 2.45) is 47.3 Å². The van der Waals surface area contributed by atoms with Crippen molar-refractivity contribution in [3.05, 3.63) is 141 Å². The Hall–Kier alpha value is -9.99. The molecule has 4 saturated carbocycles. The van der Waals surface area contributed by atoms with E-state index in [1.807, 2.05) is 20.8 Å². The lowest BCUT2D eigenvalue weighted by molar-refractivity contribution is -0.277. The zero-order chi connectivity index (χ0) is 82.8. The first-order valence-corrected chi connectivity index (χ1v) is 39.9. The minimum Gasteiger partial charge on any atom is -0.508 e. The molecule has 7 amide bonds. The van der Waals surface area contributed by atoms with Crippen molar-refractivity contribution in [2.45, 2.75) is 171 Å². The minimum absolute atomic E-state index is 0.0414. The number of urea groups is 1. The zero-order valence-corrected chi connectivity index (χ0v) is 65.5. The average molecular weight is 1640 g/mol. The molecule has 10 aliphatic rings. The van der Waals surface area contributed by atoms with Crippen molar-refractivity contribution in [1.29, 1.82) is 0 Å². The summed E-state index contributed by atoms with van der Waals surface area (Å²) in [6.07, 6.45) is -11.9. The average Bonchev–Trinajstić information content (AvgIpc) is 0.757. The second kappa shape index (κ2) is 35.9. The number of carbonyl (C=O) groups is 9. The van der Waals surface area contributed by atoms with Crippen molar-refractivity contribution in [3.8, 4) is 62.9 Å². The van der Waals surface area contributed by atoms with Gasteiger partial charge in [-0.1, -0.05) is 69.1 Å². The fraction of sp³-hybridized carbons (Fsp3) is 0.464. The second-order valence-electron chi connectivity index (χ2n) is 31.7. The highest BCUT2D eigenvalue weighted by molar-refractivity contribution is 6.32. The lowest BCUT2D eigenvalue weighted by Gasteiger charge is -2.54. The van der Waals surface area contributed by atoms with Gasteiger partial charge >= 0.3 is 6.03 Å². The van der Waals surface area contributed by atoms with Gasteiger partial charge in [-0.3, -0.25) is 43.7 Å². The molecule has 5 fully saturated rings. The van der Waals surface area contributed by atoms with Crippen molar-refractivity contribution in [3.63, 3.8) is 0 Å². The highest BCUT2D eigenvalue weighted by Gasteiger charge is 2.51. The standard InChI is InChI=1S/C84H95Cl2N7O23/c1-5-40(19-37(3)4)79(107)92-71-59(98)28-47(31-67(101)89-84(111)88-48-10-12-50(13-11-48)112-18-17-87-6-2)80(108)90-69-46-29-64(113-62-15-8-42(73(71)102)26-55(62)85)78(116-83-77(106)76(105)75(104)66(36-94)115-83)65(30-46)114-63-16-9-43(27-56(63)86)74(103)72-82(110)91-70(61(100)34-51-44-21-38-20-39(23-44)24-45(51)22-38)54-32-49(95)33-58(97)68(54)53-25-41(7-14-57(53)96)52(35-60(69)99)81(109)93-72/h7-16,25-27,29-30,32-33,37-40,44-45,47,51-52,66,69-77,83,87,94-97,102-106H,5-6,17-24,28,31,34-36H2,1-4H3,(H,90,108)(H,91,110)(H,92,107)(H,93,109)(H2,88,89,101,111)/t38?,39?,40-,44?,45?,47+,51?,52-,66-,69-,70+,71+,72+,73-,74-,75-,76+,77-,83+/m1/s1. The first-order valence-electron chi connectivity index (χ1n) is 39.1. The molecule has 0 spiro atoms. The van der Waals surface area contributed by atoms with Crippen molar-refractivity contribution in [2.75, 3.05) is 31.6 Å². The van der Waals surface area contributed by atoms with Crippen molar-refractivity contribution < 1.29 is 113 Å². The molecule has 16 N–H and O–H groups in total. The third-order valence-electron chi connectivity index (χ3n) is 23.3. The van der Waals surface area contributed by atoms with Gasteiger partial charge in [0.05, 0.1) is 28.5 Å². The van der Waals surface area contributed by atoms with Crippen LogP contribution in [0, 0.1) is 47.3 Å². The van der Waals surface area contributed by atoms with Gasteiger partial charge in [-0.15, -0.1) is 0 Å². The number of halogens is 2. The Labute approximate surface area is 677 Å². The van der Waals surface area contributed by atoms with Gasteiger partial charge < -0.3 is 102 Å². The summed E-state index contributed by atoms with van der Waals surface area (Å²) in [7, 11) is 0. The number of Topliss-reactive ketones (excluding diaryl/α,β-unsaturated/α-hetero) is 3. The largest absolute Gasteiger partial charge is 0.508 e. The number of fused-ring (bicyclic) bond motifs is 15. The number of carbonyl (C=O) groups excluding carboxylic acids is 9. The molecule has 6 aromatic rings. The summed E-state index contributed by atoms with van der Waals surface area (Å²) in [5, 5.41) is 123. The summed E-state index contributed by atoms with van der Waals surface area (Å²) in [5.41, 5.74) is -1.43. The van der Waals surface area contributed by atoms with Crippen LogP contribution in [0.1, 0.15) is 156 Å². The van der Waals surface area contributed by atoms with Gasteiger partial charge in [0.25, 0.3) is 0 Å². The van der Waals surface area contributed by atoms with Gasteiger partial charge in [0.2, 0.25) is 41.6 Å². The molecule has 1 saturated heterocycles. The zero-order valence-electron chi connectivity index (χ0n) is 64.0. The normalized spacial score (nSPS) is 27.9. The van der Waals surface area contributed by atoms with Crippen LogP contribution >= 0.6 is 23.2 Å². The SMILES string of the molecule is CCNCCOc1ccc(NC(=O)NC(=O)C[C@@H]2CC(=O)[C@H](NC(=O)[C@H](CC)CC(C)C)[C@H](O)c3ccc(c(Cl)c3)Oc3cc4cc(c3O[C@@H]3O[C@H](CO)[C@@H](O)[C@H](O)[C@H]3O)Oc3ccc(cc3Cl)[C@@H](O)[C@@H]3NC(=O)[C@H](CC(=O)[C@@H]4NC2=O)c2ccc(O)c(c2)-c2c(O)cc(O)cc2[C@@H](C(=O)CC2C4CC5CC(C4)CC2C5)NC3=O)cc1. The molecule has 0 unspecified atom stereocenters. The quantitative estimate of drug-likeness (QED) is 0.0341.